The van der Waals surface area contributed by atoms with Crippen molar-refractivity contribution in [2.24, 2.45) is 18.9 Å². The van der Waals surface area contributed by atoms with E-state index in [-0.39, 0.29) is 42.0 Å². The lowest BCUT2D eigenvalue weighted by Gasteiger charge is -2.43. The number of likely N-dealkylation sites (N-methyl/N-ethyl adjacent to an activating group) is 1. The van der Waals surface area contributed by atoms with E-state index in [4.69, 9.17) is 10.8 Å². The number of fused-ring (bicyclic) bond motifs is 2. The summed E-state index contributed by atoms with van der Waals surface area (Å²) in [6.45, 7) is 8.94. The van der Waals surface area contributed by atoms with E-state index in [1.54, 1.807) is 23.9 Å². The summed E-state index contributed by atoms with van der Waals surface area (Å²) in [6, 6.07) is 23.7. The van der Waals surface area contributed by atoms with Gasteiger partial charge in [-0.3, -0.25) is 19.1 Å². The van der Waals surface area contributed by atoms with E-state index in [2.05, 4.69) is 68.7 Å². The molecule has 3 saturated heterocycles. The van der Waals surface area contributed by atoms with Crippen LogP contribution >= 0.6 is 0 Å². The highest BCUT2D eigenvalue weighted by Crippen LogP contribution is 2.34. The van der Waals surface area contributed by atoms with Crippen LogP contribution in [0.4, 0.5) is 11.4 Å². The van der Waals surface area contributed by atoms with E-state index in [0.29, 0.717) is 55.8 Å². The van der Waals surface area contributed by atoms with Gasteiger partial charge in [0.2, 0.25) is 11.8 Å². The van der Waals surface area contributed by atoms with Crippen LogP contribution in [0.25, 0.3) is 21.7 Å². The van der Waals surface area contributed by atoms with Crippen molar-refractivity contribution >= 4 is 57.1 Å². The molecule has 0 saturated carbocycles. The van der Waals surface area contributed by atoms with Gasteiger partial charge in [0.05, 0.1) is 28.8 Å². The van der Waals surface area contributed by atoms with Crippen LogP contribution < -0.4 is 21.3 Å². The van der Waals surface area contributed by atoms with Crippen molar-refractivity contribution in [2.45, 2.75) is 82.8 Å². The SMILES string of the molecule is CNC(=O)C(CCC=O)c1nn(C)c2cc(N3CCC(C(=O)N4CCC(O)(CN5CCC(C#Cc6ccc(C(C)NC(=O)c7cc(N)ccc7C)c7ccccc67)CC5)CC4)CC3)ccc12. The van der Waals surface area contributed by atoms with Crippen LogP contribution in [0.1, 0.15) is 103 Å². The van der Waals surface area contributed by atoms with Gasteiger partial charge in [0.15, 0.2) is 0 Å². The van der Waals surface area contributed by atoms with Gasteiger partial charge < -0.3 is 41.0 Å². The highest BCUT2D eigenvalue weighted by Gasteiger charge is 2.38. The molecule has 0 spiro atoms. The van der Waals surface area contributed by atoms with Crippen LogP contribution in [-0.2, 0) is 21.4 Å². The molecule has 5 N–H and O–H groups in total. The smallest absolute Gasteiger partial charge is 0.252 e. The predicted octanol–water partition coefficient (Wildman–Crippen LogP) is 6.25. The number of piperidine rings is 3. The fourth-order valence-corrected chi connectivity index (χ4v) is 10.3. The molecule has 2 unspecified atom stereocenters. The topological polar surface area (TPSA) is 166 Å². The number of nitrogens with zero attached hydrogens (tertiary/aromatic N) is 5. The monoisotopic (exact) mass is 892 g/mol. The van der Waals surface area contributed by atoms with Gasteiger partial charge in [-0.25, -0.2) is 0 Å². The molecule has 0 bridgehead atoms. The first kappa shape index (κ1) is 46.3. The molecule has 2 atom stereocenters. The predicted molar refractivity (Wildman–Crippen MR) is 260 cm³/mol. The van der Waals surface area contributed by atoms with Crippen molar-refractivity contribution in [2.75, 3.05) is 63.5 Å². The summed E-state index contributed by atoms with van der Waals surface area (Å²) >= 11 is 0. The number of likely N-dealkylation sites (tertiary alicyclic amines) is 2. The molecular formula is C53H64N8O5. The number of carbonyl (C=O) groups excluding carboxylic acids is 4. The normalized spacial score (nSPS) is 18.1. The van der Waals surface area contributed by atoms with Gasteiger partial charge in [-0.2, -0.15) is 5.10 Å². The number of aldehydes is 1. The molecule has 1 aromatic heterocycles. The summed E-state index contributed by atoms with van der Waals surface area (Å²) in [4.78, 5) is 57.5. The van der Waals surface area contributed by atoms with Crippen LogP contribution in [0.2, 0.25) is 0 Å². The standard InChI is InChI=1S/C53H64N8O5/c1-35-11-15-40(54)32-47(35)51(64)56-36(2)42-17-14-38(43-8-5-6-9-44(42)43)13-12-37-19-25-59(26-20-37)34-53(66)23-29-61(30-24-53)52(65)39-21-27-60(28-22-39)41-16-18-45-48(33-41)58(4)57-49(45)46(10-7-31-62)50(63)55-3/h5-6,8-9,11,14-18,31-33,36-37,39,46,66H,7,10,19-30,34,54H2,1-4H3,(H,55,63)(H,56,64). The molecule has 8 rings (SSSR count). The number of aryl methyl sites for hydroxylation is 2. The van der Waals surface area contributed by atoms with Crippen molar-refractivity contribution in [3.8, 4) is 11.8 Å². The molecule has 346 valence electrons. The highest BCUT2D eigenvalue weighted by molar-refractivity contribution is 5.98. The Morgan fingerprint density at radius 3 is 2.36 bits per heavy atom. The summed E-state index contributed by atoms with van der Waals surface area (Å²) in [5, 5.41) is 25.4. The molecular weight excluding hydrogens is 829 g/mol. The number of amides is 3. The number of β-amino-alcohol motifs (C(OH)–C–C–N with tert-alkyl or cyclic N) is 1. The maximum Gasteiger partial charge on any atom is 0.252 e. The molecule has 0 aliphatic carbocycles. The number of hydrogen-bond acceptors (Lipinski definition) is 9. The van der Waals surface area contributed by atoms with Crippen molar-refractivity contribution < 1.29 is 24.3 Å². The third-order valence-corrected chi connectivity index (χ3v) is 14.3. The quantitative estimate of drug-likeness (QED) is 0.0644. The zero-order valence-electron chi connectivity index (χ0n) is 38.8. The molecule has 3 aliphatic heterocycles. The number of aliphatic hydroxyl groups is 1. The van der Waals surface area contributed by atoms with Crippen LogP contribution in [0.3, 0.4) is 0 Å². The van der Waals surface area contributed by atoms with E-state index in [9.17, 15) is 24.3 Å². The van der Waals surface area contributed by atoms with Crippen molar-refractivity contribution in [1.82, 2.24) is 30.2 Å². The lowest BCUT2D eigenvalue weighted by atomic mass is 9.87. The Morgan fingerprint density at radius 2 is 1.65 bits per heavy atom. The summed E-state index contributed by atoms with van der Waals surface area (Å²) in [5.74, 6) is 6.69. The summed E-state index contributed by atoms with van der Waals surface area (Å²) in [7, 11) is 3.48. The number of nitrogens with one attached hydrogen (secondary N) is 2. The van der Waals surface area contributed by atoms with Gasteiger partial charge >= 0.3 is 0 Å². The maximum atomic E-state index is 13.8. The number of rotatable bonds is 12. The Hall–Kier alpha value is -6.23. The van der Waals surface area contributed by atoms with Crippen molar-refractivity contribution in [3.05, 3.63) is 101 Å². The van der Waals surface area contributed by atoms with Crippen molar-refractivity contribution in [1.29, 1.82) is 0 Å². The first-order valence-corrected chi connectivity index (χ1v) is 23.6. The fraction of sp³-hybridized carbons (Fsp3) is 0.453. The highest BCUT2D eigenvalue weighted by atomic mass is 16.3. The number of benzene rings is 4. The maximum absolute atomic E-state index is 13.8. The average Bonchev–Trinajstić information content (AvgIpc) is 3.66. The van der Waals surface area contributed by atoms with Gasteiger partial charge in [0.1, 0.15) is 6.29 Å². The lowest BCUT2D eigenvalue weighted by molar-refractivity contribution is -0.141. The Balaban J connectivity index is 0.800. The minimum Gasteiger partial charge on any atom is -0.399 e. The molecule has 66 heavy (non-hydrogen) atoms. The first-order valence-electron chi connectivity index (χ1n) is 23.6. The molecule has 13 nitrogen and oxygen atoms in total. The van der Waals surface area contributed by atoms with Gasteiger partial charge in [0.25, 0.3) is 5.91 Å². The largest absolute Gasteiger partial charge is 0.399 e. The zero-order chi connectivity index (χ0) is 46.5. The molecule has 13 heteroatoms. The van der Waals surface area contributed by atoms with E-state index < -0.39 is 11.5 Å². The third-order valence-electron chi connectivity index (χ3n) is 14.3. The van der Waals surface area contributed by atoms with E-state index in [1.165, 1.54) is 0 Å². The minimum absolute atomic E-state index is 0.0390. The summed E-state index contributed by atoms with van der Waals surface area (Å²) < 4.78 is 1.80. The van der Waals surface area contributed by atoms with Crippen molar-refractivity contribution in [3.63, 3.8) is 0 Å². The van der Waals surface area contributed by atoms with Crippen LogP contribution in [0.5, 0.6) is 0 Å². The molecule has 3 aliphatic rings. The third kappa shape index (κ3) is 10.1. The molecule has 3 amide bonds. The van der Waals surface area contributed by atoms with E-state index in [0.717, 1.165) is 102 Å². The summed E-state index contributed by atoms with van der Waals surface area (Å²) in [5.41, 5.74) is 11.8. The summed E-state index contributed by atoms with van der Waals surface area (Å²) in [6.07, 6.45) is 6.08. The first-order chi connectivity index (χ1) is 31.8. The Morgan fingerprint density at radius 1 is 0.924 bits per heavy atom. The van der Waals surface area contributed by atoms with Gasteiger partial charge in [-0.05, 0) is 130 Å². The van der Waals surface area contributed by atoms with Crippen LogP contribution in [0, 0.1) is 30.6 Å². The molecule has 4 aromatic carbocycles. The number of anilines is 2. The van der Waals surface area contributed by atoms with E-state index in [1.807, 2.05) is 50.1 Å². The molecule has 5 aromatic rings. The molecule has 0 radical (unpaired) electrons. The number of nitrogens with two attached hydrogens (primary N) is 1. The second kappa shape index (κ2) is 20.1. The molecule has 3 fully saturated rings. The second-order valence-corrected chi connectivity index (χ2v) is 18.8. The number of aromatic nitrogens is 2. The second-order valence-electron chi connectivity index (χ2n) is 18.8. The minimum atomic E-state index is -0.817. The van der Waals surface area contributed by atoms with Gasteiger partial charge in [-0.15, -0.1) is 0 Å². The van der Waals surface area contributed by atoms with Crippen LogP contribution in [0.15, 0.2) is 72.8 Å². The number of nitrogen functional groups attached to an aromatic ring is 1. The Kier molecular flexibility index (Phi) is 14.1. The van der Waals surface area contributed by atoms with Crippen LogP contribution in [-0.4, -0.2) is 107 Å². The van der Waals surface area contributed by atoms with E-state index >= 15 is 0 Å². The Labute approximate surface area is 388 Å². The van der Waals surface area contributed by atoms with Gasteiger partial charge in [-0.1, -0.05) is 48.2 Å². The lowest BCUT2D eigenvalue weighted by Crippen LogP contribution is -2.54. The number of hydrogen-bond donors (Lipinski definition) is 4. The van der Waals surface area contributed by atoms with Gasteiger partial charge in [0, 0.05) is 93.0 Å². The average molecular weight is 893 g/mol. The Bertz CT molecular complexity index is 2660. The molecule has 4 heterocycles. The zero-order valence-corrected chi connectivity index (χ0v) is 38.8. The number of carbonyl (C=O) groups is 4. The fourth-order valence-electron chi connectivity index (χ4n) is 10.3.